The van der Waals surface area contributed by atoms with Gasteiger partial charge in [0.2, 0.25) is 0 Å². The van der Waals surface area contributed by atoms with Crippen LogP contribution < -0.4 is 5.73 Å². The van der Waals surface area contributed by atoms with Gasteiger partial charge in [-0.25, -0.2) is 0 Å². The van der Waals surface area contributed by atoms with Crippen LogP contribution in [0.5, 0.6) is 0 Å². The van der Waals surface area contributed by atoms with Crippen molar-refractivity contribution in [2.24, 2.45) is 5.73 Å². The Hall–Kier alpha value is -0.420. The lowest BCUT2D eigenvalue weighted by atomic mass is 9.95. The minimum absolute atomic E-state index is 0.182. The van der Waals surface area contributed by atoms with Crippen LogP contribution in [0.15, 0.2) is 28.7 Å². The Bertz CT molecular complexity index is 416. The number of hydrogen-bond donors (Lipinski definition) is 1. The first-order chi connectivity index (χ1) is 9.67. The molecule has 1 aromatic carbocycles. The molecule has 1 saturated heterocycles. The van der Waals surface area contributed by atoms with E-state index in [0.717, 1.165) is 39.1 Å². The normalized spacial score (nSPS) is 20.8. The molecule has 0 bridgehead atoms. The molecular formula is C16H26BrN3. The van der Waals surface area contributed by atoms with Crippen LogP contribution in [0.4, 0.5) is 0 Å². The molecule has 0 radical (unpaired) electrons. The van der Waals surface area contributed by atoms with E-state index in [-0.39, 0.29) is 6.04 Å². The van der Waals surface area contributed by atoms with Gasteiger partial charge in [-0.3, -0.25) is 4.90 Å². The highest BCUT2D eigenvalue weighted by Crippen LogP contribution is 2.31. The van der Waals surface area contributed by atoms with Gasteiger partial charge < -0.3 is 10.6 Å². The van der Waals surface area contributed by atoms with Gasteiger partial charge in [-0.15, -0.1) is 0 Å². The van der Waals surface area contributed by atoms with Crippen molar-refractivity contribution in [3.05, 3.63) is 34.3 Å². The first kappa shape index (κ1) is 16.0. The largest absolute Gasteiger partial charge is 0.326 e. The van der Waals surface area contributed by atoms with Crippen LogP contribution in [-0.4, -0.2) is 48.6 Å². The molecule has 2 unspecified atom stereocenters. The highest BCUT2D eigenvalue weighted by molar-refractivity contribution is 9.10. The molecule has 4 heteroatoms. The van der Waals surface area contributed by atoms with Gasteiger partial charge in [0.15, 0.2) is 0 Å². The van der Waals surface area contributed by atoms with Crippen molar-refractivity contribution in [2.45, 2.75) is 32.4 Å². The van der Waals surface area contributed by atoms with Crippen molar-refractivity contribution in [3.8, 4) is 0 Å². The van der Waals surface area contributed by atoms with Gasteiger partial charge in [0.25, 0.3) is 0 Å². The third-order valence-corrected chi connectivity index (χ3v) is 5.07. The summed E-state index contributed by atoms with van der Waals surface area (Å²) in [6, 6.07) is 9.00. The molecule has 0 saturated carbocycles. The fraction of sp³-hybridized carbons (Fsp3) is 0.625. The molecule has 112 valence electrons. The molecule has 1 heterocycles. The van der Waals surface area contributed by atoms with Crippen LogP contribution >= 0.6 is 15.9 Å². The number of likely N-dealkylation sites (N-methyl/N-ethyl adjacent to an activating group) is 1. The Morgan fingerprint density at radius 1 is 1.15 bits per heavy atom. The number of benzene rings is 1. The van der Waals surface area contributed by atoms with Crippen LogP contribution in [0.3, 0.4) is 0 Å². The molecule has 0 aromatic heterocycles. The van der Waals surface area contributed by atoms with E-state index in [2.05, 4.69) is 63.8 Å². The molecule has 1 aliphatic rings. The van der Waals surface area contributed by atoms with E-state index in [1.807, 2.05) is 0 Å². The second kappa shape index (κ2) is 7.55. The summed E-state index contributed by atoms with van der Waals surface area (Å²) in [6.07, 6.45) is 1.000. The molecule has 2 N–H and O–H groups in total. The molecular weight excluding hydrogens is 314 g/mol. The van der Waals surface area contributed by atoms with E-state index in [0.29, 0.717) is 6.04 Å². The van der Waals surface area contributed by atoms with E-state index in [1.54, 1.807) is 0 Å². The highest BCUT2D eigenvalue weighted by atomic mass is 79.9. The maximum Gasteiger partial charge on any atom is 0.0511 e. The molecule has 1 aromatic rings. The molecule has 0 amide bonds. The number of halogens is 1. The summed E-state index contributed by atoms with van der Waals surface area (Å²) in [5.41, 5.74) is 7.77. The summed E-state index contributed by atoms with van der Waals surface area (Å²) in [5, 5.41) is 0. The summed E-state index contributed by atoms with van der Waals surface area (Å²) < 4.78 is 1.17. The average molecular weight is 340 g/mol. The summed E-state index contributed by atoms with van der Waals surface area (Å²) >= 11 is 3.69. The second-order valence-corrected chi connectivity index (χ2v) is 6.36. The predicted octanol–water partition coefficient (Wildman–Crippen LogP) is 2.87. The van der Waals surface area contributed by atoms with Crippen molar-refractivity contribution >= 4 is 15.9 Å². The Balaban J connectivity index is 2.19. The van der Waals surface area contributed by atoms with E-state index in [1.165, 1.54) is 10.0 Å². The lowest BCUT2D eigenvalue weighted by molar-refractivity contribution is 0.0862. The van der Waals surface area contributed by atoms with Gasteiger partial charge in [-0.2, -0.15) is 0 Å². The molecule has 0 aliphatic carbocycles. The zero-order valence-electron chi connectivity index (χ0n) is 12.6. The smallest absolute Gasteiger partial charge is 0.0511 e. The zero-order chi connectivity index (χ0) is 14.5. The third kappa shape index (κ3) is 3.61. The van der Waals surface area contributed by atoms with Gasteiger partial charge in [0.05, 0.1) is 6.04 Å². The minimum Gasteiger partial charge on any atom is -0.326 e. The number of rotatable bonds is 5. The Kier molecular flexibility index (Phi) is 6.02. The lowest BCUT2D eigenvalue weighted by Gasteiger charge is -2.41. The highest BCUT2D eigenvalue weighted by Gasteiger charge is 2.29. The molecule has 0 spiro atoms. The Labute approximate surface area is 131 Å². The summed E-state index contributed by atoms with van der Waals surface area (Å²) in [5.74, 6) is 0. The number of hydrogen-bond acceptors (Lipinski definition) is 3. The van der Waals surface area contributed by atoms with Crippen molar-refractivity contribution in [1.82, 2.24) is 9.80 Å². The standard InChI is InChI=1S/C16H26BrN3/c1-3-15(18)16(13-7-5-6-8-14(13)17)20-11-9-19(4-2)10-12-20/h5-8,15-16H,3-4,9-12,18H2,1-2H3. The van der Waals surface area contributed by atoms with Gasteiger partial charge in [0.1, 0.15) is 0 Å². The van der Waals surface area contributed by atoms with E-state index in [4.69, 9.17) is 5.73 Å². The van der Waals surface area contributed by atoms with Crippen LogP contribution in [0.1, 0.15) is 31.9 Å². The molecule has 20 heavy (non-hydrogen) atoms. The first-order valence-electron chi connectivity index (χ1n) is 7.63. The number of nitrogens with zero attached hydrogens (tertiary/aromatic N) is 2. The van der Waals surface area contributed by atoms with E-state index >= 15 is 0 Å². The summed E-state index contributed by atoms with van der Waals surface area (Å²) in [4.78, 5) is 5.06. The predicted molar refractivity (Wildman–Crippen MR) is 88.8 cm³/mol. The summed E-state index contributed by atoms with van der Waals surface area (Å²) in [6.45, 7) is 10.1. The Morgan fingerprint density at radius 3 is 2.35 bits per heavy atom. The monoisotopic (exact) mass is 339 g/mol. The fourth-order valence-electron chi connectivity index (χ4n) is 2.99. The molecule has 2 atom stereocenters. The molecule has 2 rings (SSSR count). The minimum atomic E-state index is 0.182. The van der Waals surface area contributed by atoms with Crippen molar-refractivity contribution < 1.29 is 0 Å². The number of nitrogens with two attached hydrogens (primary N) is 1. The Morgan fingerprint density at radius 2 is 1.80 bits per heavy atom. The average Bonchev–Trinajstić information content (AvgIpc) is 2.50. The topological polar surface area (TPSA) is 32.5 Å². The van der Waals surface area contributed by atoms with Crippen LogP contribution in [0.2, 0.25) is 0 Å². The van der Waals surface area contributed by atoms with Gasteiger partial charge >= 0.3 is 0 Å². The number of piperazine rings is 1. The first-order valence-corrected chi connectivity index (χ1v) is 8.43. The van der Waals surface area contributed by atoms with Crippen LogP contribution in [0, 0.1) is 0 Å². The second-order valence-electron chi connectivity index (χ2n) is 5.51. The van der Waals surface area contributed by atoms with E-state index < -0.39 is 0 Å². The fourth-order valence-corrected chi connectivity index (χ4v) is 3.51. The molecule has 3 nitrogen and oxygen atoms in total. The zero-order valence-corrected chi connectivity index (χ0v) is 14.1. The van der Waals surface area contributed by atoms with Gasteiger partial charge in [-0.05, 0) is 24.6 Å². The summed E-state index contributed by atoms with van der Waals surface area (Å²) in [7, 11) is 0. The van der Waals surface area contributed by atoms with Crippen molar-refractivity contribution in [3.63, 3.8) is 0 Å². The van der Waals surface area contributed by atoms with E-state index in [9.17, 15) is 0 Å². The lowest BCUT2D eigenvalue weighted by Crippen LogP contribution is -2.51. The third-order valence-electron chi connectivity index (χ3n) is 4.35. The van der Waals surface area contributed by atoms with Gasteiger partial charge in [0, 0.05) is 36.7 Å². The van der Waals surface area contributed by atoms with Gasteiger partial charge in [-0.1, -0.05) is 48.0 Å². The van der Waals surface area contributed by atoms with Crippen molar-refractivity contribution in [1.29, 1.82) is 0 Å². The van der Waals surface area contributed by atoms with Crippen LogP contribution in [0.25, 0.3) is 0 Å². The molecule has 1 fully saturated rings. The SMILES string of the molecule is CCC(N)C(c1ccccc1Br)N1CCN(CC)CC1. The quantitative estimate of drug-likeness (QED) is 0.895. The van der Waals surface area contributed by atoms with Crippen molar-refractivity contribution in [2.75, 3.05) is 32.7 Å². The maximum atomic E-state index is 6.44. The van der Waals surface area contributed by atoms with Crippen LogP contribution in [-0.2, 0) is 0 Å². The molecule has 1 aliphatic heterocycles. The maximum absolute atomic E-state index is 6.44.